The highest BCUT2D eigenvalue weighted by atomic mass is 35.5. The van der Waals surface area contributed by atoms with Gasteiger partial charge in [0.15, 0.2) is 11.0 Å². The Kier molecular flexibility index (Phi) is 4.44. The Labute approximate surface area is 115 Å². The van der Waals surface area contributed by atoms with Crippen molar-refractivity contribution in [2.24, 2.45) is 5.92 Å². The van der Waals surface area contributed by atoms with Crippen LogP contribution in [0.25, 0.3) is 0 Å². The third-order valence-corrected chi connectivity index (χ3v) is 4.12. The lowest BCUT2D eigenvalue weighted by molar-refractivity contribution is 0.361. The van der Waals surface area contributed by atoms with E-state index >= 15 is 0 Å². The first-order valence-electron chi connectivity index (χ1n) is 6.80. The molecule has 0 amide bonds. The average Bonchev–Trinajstić information content (AvgIpc) is 2.35. The van der Waals surface area contributed by atoms with E-state index in [1.54, 1.807) is 0 Å². The number of rotatable bonds is 3. The summed E-state index contributed by atoms with van der Waals surface area (Å²) in [4.78, 5) is 11.1. The summed E-state index contributed by atoms with van der Waals surface area (Å²) in [5, 5.41) is 0.524. The molecular formula is C14H22ClN3. The van der Waals surface area contributed by atoms with Crippen LogP contribution in [0.3, 0.4) is 0 Å². The Balaban J connectivity index is 2.08. The molecule has 18 heavy (non-hydrogen) atoms. The maximum absolute atomic E-state index is 6.20. The van der Waals surface area contributed by atoms with E-state index < -0.39 is 0 Å². The number of anilines is 1. The average molecular weight is 268 g/mol. The number of hydrogen-bond donors (Lipinski definition) is 0. The van der Waals surface area contributed by atoms with Gasteiger partial charge in [-0.15, -0.1) is 0 Å². The van der Waals surface area contributed by atoms with Crippen molar-refractivity contribution in [2.75, 3.05) is 18.5 Å². The molecule has 0 unspecified atom stereocenters. The minimum absolute atomic E-state index is 0.524. The molecule has 0 saturated heterocycles. The van der Waals surface area contributed by atoms with Crippen LogP contribution in [-0.4, -0.2) is 23.6 Å². The molecule has 1 aliphatic carbocycles. The van der Waals surface area contributed by atoms with Crippen LogP contribution in [0.15, 0.2) is 0 Å². The van der Waals surface area contributed by atoms with Crippen molar-refractivity contribution in [1.29, 1.82) is 0 Å². The van der Waals surface area contributed by atoms with Gasteiger partial charge in [0.2, 0.25) is 0 Å². The fourth-order valence-electron chi connectivity index (χ4n) is 2.65. The van der Waals surface area contributed by atoms with Crippen LogP contribution < -0.4 is 4.90 Å². The molecule has 100 valence electrons. The van der Waals surface area contributed by atoms with Gasteiger partial charge in [-0.05, 0) is 32.6 Å². The van der Waals surface area contributed by atoms with Crippen molar-refractivity contribution in [3.63, 3.8) is 0 Å². The predicted octanol–water partition coefficient (Wildman–Crippen LogP) is 3.76. The molecule has 0 atom stereocenters. The van der Waals surface area contributed by atoms with E-state index in [4.69, 9.17) is 11.6 Å². The summed E-state index contributed by atoms with van der Waals surface area (Å²) >= 11 is 6.20. The molecule has 2 rings (SSSR count). The van der Waals surface area contributed by atoms with Gasteiger partial charge in [0.25, 0.3) is 0 Å². The summed E-state index contributed by atoms with van der Waals surface area (Å²) in [7, 11) is 2.07. The molecule has 1 aliphatic rings. The van der Waals surface area contributed by atoms with E-state index in [0.29, 0.717) is 5.15 Å². The van der Waals surface area contributed by atoms with Gasteiger partial charge in [0.05, 0.1) is 11.4 Å². The fourth-order valence-corrected chi connectivity index (χ4v) is 2.96. The molecule has 1 heterocycles. The molecule has 1 aromatic rings. The van der Waals surface area contributed by atoms with Crippen LogP contribution >= 0.6 is 11.6 Å². The molecule has 0 aliphatic heterocycles. The van der Waals surface area contributed by atoms with E-state index in [1.807, 2.05) is 13.8 Å². The van der Waals surface area contributed by atoms with E-state index in [-0.39, 0.29) is 0 Å². The third kappa shape index (κ3) is 3.14. The molecule has 0 radical (unpaired) electrons. The highest BCUT2D eigenvalue weighted by Gasteiger charge is 2.18. The number of hydrogen-bond acceptors (Lipinski definition) is 3. The number of aryl methyl sites for hydroxylation is 2. The number of nitrogens with zero attached hydrogens (tertiary/aromatic N) is 3. The lowest BCUT2D eigenvalue weighted by Gasteiger charge is -2.28. The molecule has 0 N–H and O–H groups in total. The highest BCUT2D eigenvalue weighted by molar-refractivity contribution is 6.31. The molecule has 0 aromatic carbocycles. The largest absolute Gasteiger partial charge is 0.357 e. The van der Waals surface area contributed by atoms with Crippen molar-refractivity contribution in [3.8, 4) is 0 Å². The Hall–Kier alpha value is -0.830. The first kappa shape index (κ1) is 13.6. The molecule has 0 bridgehead atoms. The second-order valence-electron chi connectivity index (χ2n) is 5.39. The SMILES string of the molecule is Cc1nc(Cl)c(N(C)CC2CCCCC2)nc1C. The van der Waals surface area contributed by atoms with Crippen LogP contribution in [0.1, 0.15) is 43.5 Å². The first-order chi connectivity index (χ1) is 8.58. The summed E-state index contributed by atoms with van der Waals surface area (Å²) in [5.41, 5.74) is 1.87. The summed E-state index contributed by atoms with van der Waals surface area (Å²) in [6.07, 6.45) is 6.79. The van der Waals surface area contributed by atoms with Crippen LogP contribution in [0, 0.1) is 19.8 Å². The van der Waals surface area contributed by atoms with Gasteiger partial charge in [-0.2, -0.15) is 0 Å². The van der Waals surface area contributed by atoms with Crippen LogP contribution in [0.5, 0.6) is 0 Å². The lowest BCUT2D eigenvalue weighted by atomic mass is 9.89. The van der Waals surface area contributed by atoms with Gasteiger partial charge in [-0.25, -0.2) is 9.97 Å². The van der Waals surface area contributed by atoms with Crippen LogP contribution in [-0.2, 0) is 0 Å². The van der Waals surface area contributed by atoms with Gasteiger partial charge in [-0.3, -0.25) is 0 Å². The predicted molar refractivity (Wildman–Crippen MR) is 76.4 cm³/mol. The van der Waals surface area contributed by atoms with Crippen molar-refractivity contribution in [2.45, 2.75) is 46.0 Å². The second kappa shape index (κ2) is 5.87. The minimum Gasteiger partial charge on any atom is -0.357 e. The number of halogens is 1. The summed E-state index contributed by atoms with van der Waals surface area (Å²) < 4.78 is 0. The van der Waals surface area contributed by atoms with Crippen molar-refractivity contribution in [1.82, 2.24) is 9.97 Å². The molecular weight excluding hydrogens is 246 g/mol. The van der Waals surface area contributed by atoms with E-state index in [1.165, 1.54) is 32.1 Å². The zero-order valence-corrected chi connectivity index (χ0v) is 12.3. The van der Waals surface area contributed by atoms with E-state index in [2.05, 4.69) is 21.9 Å². The zero-order valence-electron chi connectivity index (χ0n) is 11.5. The summed E-state index contributed by atoms with van der Waals surface area (Å²) in [6.45, 7) is 4.96. The maximum atomic E-state index is 6.20. The minimum atomic E-state index is 0.524. The van der Waals surface area contributed by atoms with E-state index in [9.17, 15) is 0 Å². The fraction of sp³-hybridized carbons (Fsp3) is 0.714. The Morgan fingerprint density at radius 3 is 2.39 bits per heavy atom. The maximum Gasteiger partial charge on any atom is 0.171 e. The highest BCUT2D eigenvalue weighted by Crippen LogP contribution is 2.27. The normalized spacial score (nSPS) is 16.9. The van der Waals surface area contributed by atoms with Gasteiger partial charge in [-0.1, -0.05) is 30.9 Å². The summed E-state index contributed by atoms with van der Waals surface area (Å²) in [6, 6.07) is 0. The topological polar surface area (TPSA) is 29.0 Å². The Morgan fingerprint density at radius 1 is 1.11 bits per heavy atom. The van der Waals surface area contributed by atoms with Gasteiger partial charge >= 0.3 is 0 Å². The molecule has 4 heteroatoms. The van der Waals surface area contributed by atoms with E-state index in [0.717, 1.165) is 29.7 Å². The van der Waals surface area contributed by atoms with Crippen LogP contribution in [0.4, 0.5) is 5.82 Å². The molecule has 3 nitrogen and oxygen atoms in total. The summed E-state index contributed by atoms with van der Waals surface area (Å²) in [5.74, 6) is 1.61. The smallest absolute Gasteiger partial charge is 0.171 e. The Bertz CT molecular complexity index is 414. The van der Waals surface area contributed by atoms with Crippen LogP contribution in [0.2, 0.25) is 5.15 Å². The van der Waals surface area contributed by atoms with Crippen molar-refractivity contribution in [3.05, 3.63) is 16.5 Å². The standard InChI is InChI=1S/C14H22ClN3/c1-10-11(2)17-14(13(15)16-10)18(3)9-12-7-5-4-6-8-12/h12H,4-9H2,1-3H3. The monoisotopic (exact) mass is 267 g/mol. The molecule has 1 fully saturated rings. The zero-order chi connectivity index (χ0) is 13.1. The first-order valence-corrected chi connectivity index (χ1v) is 7.17. The second-order valence-corrected chi connectivity index (χ2v) is 5.75. The van der Waals surface area contributed by atoms with Crippen molar-refractivity contribution >= 4 is 17.4 Å². The van der Waals surface area contributed by atoms with Gasteiger partial charge in [0, 0.05) is 13.6 Å². The molecule has 1 aromatic heterocycles. The molecule has 1 saturated carbocycles. The van der Waals surface area contributed by atoms with Gasteiger partial charge in [0.1, 0.15) is 0 Å². The quantitative estimate of drug-likeness (QED) is 0.835. The number of aromatic nitrogens is 2. The Morgan fingerprint density at radius 2 is 1.72 bits per heavy atom. The van der Waals surface area contributed by atoms with Gasteiger partial charge < -0.3 is 4.90 Å². The molecule has 0 spiro atoms. The van der Waals surface area contributed by atoms with Crippen molar-refractivity contribution < 1.29 is 0 Å². The third-order valence-electron chi connectivity index (χ3n) is 3.87. The lowest BCUT2D eigenvalue weighted by Crippen LogP contribution is -2.28.